The number of pyridine rings is 1. The number of aliphatic hydroxyl groups is 1. The van der Waals surface area contributed by atoms with Gasteiger partial charge in [0.1, 0.15) is 6.10 Å². The molecular formula is C16H25NO2. The molecule has 1 N–H and O–H groups in total. The Balaban J connectivity index is 2.05. The van der Waals surface area contributed by atoms with Crippen LogP contribution in [0.15, 0.2) is 18.3 Å². The molecule has 3 atom stereocenters. The first-order valence-corrected chi connectivity index (χ1v) is 7.32. The molecule has 1 fully saturated rings. The molecule has 0 bridgehead atoms. The molecule has 1 aromatic rings. The van der Waals surface area contributed by atoms with Crippen LogP contribution in [0.5, 0.6) is 5.88 Å². The summed E-state index contributed by atoms with van der Waals surface area (Å²) in [6.07, 6.45) is 5.63. The number of nitrogens with zero attached hydrogens (tertiary/aromatic N) is 1. The van der Waals surface area contributed by atoms with Crippen LogP contribution in [0.4, 0.5) is 0 Å². The molecule has 3 nitrogen and oxygen atoms in total. The molecule has 0 saturated heterocycles. The topological polar surface area (TPSA) is 42.4 Å². The van der Waals surface area contributed by atoms with Gasteiger partial charge in [-0.1, -0.05) is 27.2 Å². The molecule has 0 aromatic carbocycles. The third kappa shape index (κ3) is 3.69. The fourth-order valence-electron chi connectivity index (χ4n) is 2.98. The first-order valence-electron chi connectivity index (χ1n) is 7.32. The maximum absolute atomic E-state index is 9.02. The van der Waals surface area contributed by atoms with Crippen molar-refractivity contribution >= 4 is 0 Å². The minimum absolute atomic E-state index is 0.0301. The van der Waals surface area contributed by atoms with Crippen LogP contribution in [0.3, 0.4) is 0 Å². The number of hydrogen-bond acceptors (Lipinski definition) is 3. The lowest BCUT2D eigenvalue weighted by Crippen LogP contribution is -2.36. The number of ether oxygens (including phenoxy) is 1. The van der Waals surface area contributed by atoms with Gasteiger partial charge in [-0.25, -0.2) is 4.98 Å². The van der Waals surface area contributed by atoms with Gasteiger partial charge in [-0.3, -0.25) is 0 Å². The van der Waals surface area contributed by atoms with E-state index in [-0.39, 0.29) is 12.7 Å². The van der Waals surface area contributed by atoms with Crippen LogP contribution in [0.25, 0.3) is 0 Å². The molecule has 3 heteroatoms. The standard InChI is InChI=1S/C16H25NO2/c1-11(2)14-6-4-12(3)8-15(14)19-16-7-5-13(10-18)9-17-16/h5,7,9,11-12,14-15,18H,4,6,8,10H2,1-3H3. The summed E-state index contributed by atoms with van der Waals surface area (Å²) in [6.45, 7) is 6.89. The maximum Gasteiger partial charge on any atom is 0.213 e. The van der Waals surface area contributed by atoms with Gasteiger partial charge in [0.15, 0.2) is 0 Å². The van der Waals surface area contributed by atoms with E-state index < -0.39 is 0 Å². The summed E-state index contributed by atoms with van der Waals surface area (Å²) in [6, 6.07) is 3.74. The van der Waals surface area contributed by atoms with Crippen molar-refractivity contribution in [2.45, 2.75) is 52.7 Å². The first-order chi connectivity index (χ1) is 9.10. The van der Waals surface area contributed by atoms with Gasteiger partial charge < -0.3 is 9.84 Å². The second-order valence-corrected chi connectivity index (χ2v) is 6.15. The average Bonchev–Trinajstić information content (AvgIpc) is 2.39. The van der Waals surface area contributed by atoms with Gasteiger partial charge in [0, 0.05) is 12.3 Å². The normalized spacial score (nSPS) is 27.5. The summed E-state index contributed by atoms with van der Waals surface area (Å²) in [4.78, 5) is 4.28. The van der Waals surface area contributed by atoms with Crippen LogP contribution < -0.4 is 4.74 Å². The highest BCUT2D eigenvalue weighted by Crippen LogP contribution is 2.35. The van der Waals surface area contributed by atoms with E-state index in [1.807, 2.05) is 12.1 Å². The Hall–Kier alpha value is -1.09. The Morgan fingerprint density at radius 3 is 2.74 bits per heavy atom. The van der Waals surface area contributed by atoms with Crippen molar-refractivity contribution in [2.75, 3.05) is 0 Å². The van der Waals surface area contributed by atoms with Crippen molar-refractivity contribution in [1.29, 1.82) is 0 Å². The zero-order valence-electron chi connectivity index (χ0n) is 12.2. The van der Waals surface area contributed by atoms with Crippen LogP contribution >= 0.6 is 0 Å². The molecule has 1 aliphatic rings. The molecule has 0 spiro atoms. The quantitative estimate of drug-likeness (QED) is 0.905. The first kappa shape index (κ1) is 14.3. The average molecular weight is 263 g/mol. The molecule has 1 aromatic heterocycles. The Kier molecular flexibility index (Phi) is 4.81. The van der Waals surface area contributed by atoms with Crippen molar-refractivity contribution in [2.24, 2.45) is 17.8 Å². The lowest BCUT2D eigenvalue weighted by molar-refractivity contribution is 0.0426. The monoisotopic (exact) mass is 263 g/mol. The molecule has 1 heterocycles. The molecule has 0 radical (unpaired) electrons. The van der Waals surface area contributed by atoms with E-state index in [2.05, 4.69) is 25.8 Å². The fraction of sp³-hybridized carbons (Fsp3) is 0.688. The highest BCUT2D eigenvalue weighted by molar-refractivity contribution is 5.17. The van der Waals surface area contributed by atoms with Gasteiger partial charge in [0.2, 0.25) is 5.88 Å². The Morgan fingerprint density at radius 2 is 2.16 bits per heavy atom. The summed E-state index contributed by atoms with van der Waals surface area (Å²) >= 11 is 0. The fourth-order valence-corrected chi connectivity index (χ4v) is 2.98. The molecule has 1 saturated carbocycles. The second-order valence-electron chi connectivity index (χ2n) is 6.15. The molecule has 3 unspecified atom stereocenters. The van der Waals surface area contributed by atoms with E-state index in [1.165, 1.54) is 12.8 Å². The smallest absolute Gasteiger partial charge is 0.213 e. The predicted octanol–water partition coefficient (Wildman–Crippen LogP) is 3.41. The van der Waals surface area contributed by atoms with E-state index in [0.29, 0.717) is 17.7 Å². The Morgan fingerprint density at radius 1 is 1.37 bits per heavy atom. The van der Waals surface area contributed by atoms with Crippen LogP contribution in [-0.2, 0) is 6.61 Å². The largest absolute Gasteiger partial charge is 0.474 e. The van der Waals surface area contributed by atoms with Gasteiger partial charge in [-0.05, 0) is 42.2 Å². The van der Waals surface area contributed by atoms with Crippen molar-refractivity contribution in [3.8, 4) is 5.88 Å². The highest BCUT2D eigenvalue weighted by Gasteiger charge is 2.32. The van der Waals surface area contributed by atoms with Gasteiger partial charge in [-0.2, -0.15) is 0 Å². The molecule has 19 heavy (non-hydrogen) atoms. The number of aliphatic hydroxyl groups excluding tert-OH is 1. The molecular weight excluding hydrogens is 238 g/mol. The third-order valence-corrected chi connectivity index (χ3v) is 4.21. The Labute approximate surface area is 116 Å². The minimum Gasteiger partial charge on any atom is -0.474 e. The zero-order chi connectivity index (χ0) is 13.8. The Bertz CT molecular complexity index is 388. The molecule has 0 aliphatic heterocycles. The summed E-state index contributed by atoms with van der Waals surface area (Å²) < 4.78 is 6.11. The van der Waals surface area contributed by atoms with Gasteiger partial charge in [-0.15, -0.1) is 0 Å². The molecule has 2 rings (SSSR count). The lowest BCUT2D eigenvalue weighted by atomic mass is 9.75. The van der Waals surface area contributed by atoms with Crippen LogP contribution in [0.1, 0.15) is 45.6 Å². The molecule has 106 valence electrons. The summed E-state index contributed by atoms with van der Waals surface area (Å²) in [7, 11) is 0. The third-order valence-electron chi connectivity index (χ3n) is 4.21. The highest BCUT2D eigenvalue weighted by atomic mass is 16.5. The van der Waals surface area contributed by atoms with E-state index in [1.54, 1.807) is 6.20 Å². The summed E-state index contributed by atoms with van der Waals surface area (Å²) in [5.41, 5.74) is 0.824. The summed E-state index contributed by atoms with van der Waals surface area (Å²) in [5, 5.41) is 9.02. The minimum atomic E-state index is 0.0301. The second kappa shape index (κ2) is 6.38. The van der Waals surface area contributed by atoms with E-state index >= 15 is 0 Å². The lowest BCUT2D eigenvalue weighted by Gasteiger charge is -2.37. The number of hydrogen-bond donors (Lipinski definition) is 1. The van der Waals surface area contributed by atoms with Crippen LogP contribution in [-0.4, -0.2) is 16.2 Å². The predicted molar refractivity (Wildman–Crippen MR) is 75.9 cm³/mol. The zero-order valence-corrected chi connectivity index (χ0v) is 12.2. The van der Waals surface area contributed by atoms with Crippen LogP contribution in [0.2, 0.25) is 0 Å². The summed E-state index contributed by atoms with van der Waals surface area (Å²) in [5.74, 6) is 2.68. The maximum atomic E-state index is 9.02. The SMILES string of the molecule is CC1CCC(C(C)C)C(Oc2ccc(CO)cn2)C1. The van der Waals surface area contributed by atoms with Gasteiger partial charge in [0.05, 0.1) is 6.61 Å². The number of rotatable bonds is 4. The molecule has 1 aliphatic carbocycles. The van der Waals surface area contributed by atoms with Crippen LogP contribution in [0, 0.1) is 17.8 Å². The van der Waals surface area contributed by atoms with E-state index in [0.717, 1.165) is 17.9 Å². The number of aromatic nitrogens is 1. The van der Waals surface area contributed by atoms with Crippen molar-refractivity contribution < 1.29 is 9.84 Å². The van der Waals surface area contributed by atoms with E-state index in [9.17, 15) is 0 Å². The van der Waals surface area contributed by atoms with Crippen molar-refractivity contribution in [3.63, 3.8) is 0 Å². The van der Waals surface area contributed by atoms with Gasteiger partial charge >= 0.3 is 0 Å². The van der Waals surface area contributed by atoms with Gasteiger partial charge in [0.25, 0.3) is 0 Å². The van der Waals surface area contributed by atoms with Crippen molar-refractivity contribution in [3.05, 3.63) is 23.9 Å². The molecule has 0 amide bonds. The van der Waals surface area contributed by atoms with E-state index in [4.69, 9.17) is 9.84 Å². The van der Waals surface area contributed by atoms with Crippen molar-refractivity contribution in [1.82, 2.24) is 4.98 Å².